The molecular formula is C19H27N3O2. The quantitative estimate of drug-likeness (QED) is 0.933. The van der Waals surface area contributed by atoms with Crippen LogP contribution in [0.25, 0.3) is 11.5 Å². The fourth-order valence-electron chi connectivity index (χ4n) is 3.26. The van der Waals surface area contributed by atoms with E-state index in [2.05, 4.69) is 18.7 Å². The van der Waals surface area contributed by atoms with Crippen LogP contribution in [0.2, 0.25) is 0 Å². The number of hydrogen-bond donors (Lipinski definition) is 1. The van der Waals surface area contributed by atoms with E-state index < -0.39 is 0 Å². The molecule has 24 heavy (non-hydrogen) atoms. The average molecular weight is 329 g/mol. The van der Waals surface area contributed by atoms with Crippen LogP contribution < -0.4 is 10.5 Å². The molecule has 0 saturated carbocycles. The summed E-state index contributed by atoms with van der Waals surface area (Å²) in [6.07, 6.45) is 2.11. The second-order valence-electron chi connectivity index (χ2n) is 6.70. The minimum atomic E-state index is 0.347. The first-order chi connectivity index (χ1) is 11.5. The maximum atomic E-state index is 5.98. The highest BCUT2D eigenvalue weighted by Gasteiger charge is 2.20. The number of benzene rings is 1. The third kappa shape index (κ3) is 3.32. The van der Waals surface area contributed by atoms with E-state index in [0.717, 1.165) is 66.4 Å². The van der Waals surface area contributed by atoms with Crippen LogP contribution in [0.4, 0.5) is 0 Å². The number of ether oxygens (including phenoxy) is 1. The van der Waals surface area contributed by atoms with Gasteiger partial charge in [-0.25, -0.2) is 4.98 Å². The molecule has 2 heterocycles. The fraction of sp³-hybridized carbons (Fsp3) is 0.526. The molecule has 0 bridgehead atoms. The molecule has 0 atom stereocenters. The van der Waals surface area contributed by atoms with E-state index in [1.54, 1.807) is 7.11 Å². The van der Waals surface area contributed by atoms with Crippen molar-refractivity contribution in [3.05, 3.63) is 34.7 Å². The Balaban J connectivity index is 1.83. The molecule has 1 fully saturated rings. The summed E-state index contributed by atoms with van der Waals surface area (Å²) in [5.41, 5.74) is 10.3. The molecule has 2 N–H and O–H groups in total. The van der Waals surface area contributed by atoms with Crippen molar-refractivity contribution in [2.24, 2.45) is 5.73 Å². The normalized spacial score (nSPS) is 16.5. The first-order valence-electron chi connectivity index (χ1n) is 8.58. The molecule has 1 aliphatic rings. The Morgan fingerprint density at radius 1 is 1.21 bits per heavy atom. The van der Waals surface area contributed by atoms with Gasteiger partial charge in [-0.1, -0.05) is 0 Å². The number of oxazole rings is 1. The standard InChI is InChI=1S/C19H27N3O2/c1-12-13(2)18(23-4)6-5-16(12)19-21-17(14(3)24-19)11-22-9-7-15(20)8-10-22/h5-6,15H,7-11,20H2,1-4H3. The maximum absolute atomic E-state index is 5.98. The molecule has 1 aromatic carbocycles. The zero-order valence-electron chi connectivity index (χ0n) is 15.1. The number of piperidine rings is 1. The lowest BCUT2D eigenvalue weighted by atomic mass is 10.0. The summed E-state index contributed by atoms with van der Waals surface area (Å²) in [7, 11) is 1.69. The van der Waals surface area contributed by atoms with Crippen molar-refractivity contribution in [1.82, 2.24) is 9.88 Å². The largest absolute Gasteiger partial charge is 0.496 e. The Kier molecular flexibility index (Phi) is 4.92. The molecular weight excluding hydrogens is 302 g/mol. The number of hydrogen-bond acceptors (Lipinski definition) is 5. The molecule has 1 aliphatic heterocycles. The predicted molar refractivity (Wildman–Crippen MR) is 95.2 cm³/mol. The van der Waals surface area contributed by atoms with E-state index in [1.807, 2.05) is 19.1 Å². The molecule has 0 unspecified atom stereocenters. The minimum Gasteiger partial charge on any atom is -0.496 e. The van der Waals surface area contributed by atoms with Gasteiger partial charge in [0.15, 0.2) is 0 Å². The monoisotopic (exact) mass is 329 g/mol. The molecule has 1 saturated heterocycles. The van der Waals surface area contributed by atoms with Crippen molar-refractivity contribution in [3.63, 3.8) is 0 Å². The highest BCUT2D eigenvalue weighted by molar-refractivity contribution is 5.63. The summed E-state index contributed by atoms with van der Waals surface area (Å²) < 4.78 is 11.4. The number of methoxy groups -OCH3 is 1. The van der Waals surface area contributed by atoms with Crippen molar-refractivity contribution < 1.29 is 9.15 Å². The molecule has 0 aliphatic carbocycles. The number of likely N-dealkylation sites (tertiary alicyclic amines) is 1. The lowest BCUT2D eigenvalue weighted by Crippen LogP contribution is -2.39. The molecule has 1 aromatic heterocycles. The second kappa shape index (κ2) is 6.95. The van der Waals surface area contributed by atoms with E-state index >= 15 is 0 Å². The summed E-state index contributed by atoms with van der Waals surface area (Å²) >= 11 is 0. The third-order valence-electron chi connectivity index (χ3n) is 5.09. The van der Waals surface area contributed by atoms with Crippen LogP contribution in [-0.2, 0) is 6.54 Å². The smallest absolute Gasteiger partial charge is 0.226 e. The van der Waals surface area contributed by atoms with Crippen LogP contribution in [-0.4, -0.2) is 36.1 Å². The van der Waals surface area contributed by atoms with Crippen molar-refractivity contribution in [2.45, 2.75) is 46.2 Å². The highest BCUT2D eigenvalue weighted by atomic mass is 16.5. The number of aryl methyl sites for hydroxylation is 1. The molecule has 2 aromatic rings. The van der Waals surface area contributed by atoms with Crippen LogP contribution in [0.5, 0.6) is 5.75 Å². The Morgan fingerprint density at radius 3 is 2.58 bits per heavy atom. The Labute approximate surface area is 143 Å². The lowest BCUT2D eigenvalue weighted by molar-refractivity contribution is 0.203. The van der Waals surface area contributed by atoms with E-state index in [9.17, 15) is 0 Å². The lowest BCUT2D eigenvalue weighted by Gasteiger charge is -2.29. The van der Waals surface area contributed by atoms with Crippen LogP contribution in [0.15, 0.2) is 16.5 Å². The van der Waals surface area contributed by atoms with Gasteiger partial charge >= 0.3 is 0 Å². The van der Waals surface area contributed by atoms with Crippen molar-refractivity contribution >= 4 is 0 Å². The van der Waals surface area contributed by atoms with Gasteiger partial charge in [0.05, 0.1) is 12.8 Å². The minimum absolute atomic E-state index is 0.347. The highest BCUT2D eigenvalue weighted by Crippen LogP contribution is 2.31. The molecule has 0 radical (unpaired) electrons. The van der Waals surface area contributed by atoms with Crippen LogP contribution in [0.3, 0.4) is 0 Å². The van der Waals surface area contributed by atoms with Gasteiger partial charge in [0.2, 0.25) is 5.89 Å². The first-order valence-corrected chi connectivity index (χ1v) is 8.58. The average Bonchev–Trinajstić information content (AvgIpc) is 2.92. The Bertz CT molecular complexity index is 716. The zero-order valence-corrected chi connectivity index (χ0v) is 15.1. The SMILES string of the molecule is COc1ccc(-c2nc(CN3CCC(N)CC3)c(C)o2)c(C)c1C. The summed E-state index contributed by atoms with van der Waals surface area (Å²) in [4.78, 5) is 7.18. The van der Waals surface area contributed by atoms with Crippen LogP contribution in [0, 0.1) is 20.8 Å². The summed E-state index contributed by atoms with van der Waals surface area (Å²) in [5.74, 6) is 2.48. The molecule has 5 heteroatoms. The molecule has 130 valence electrons. The van der Waals surface area contributed by atoms with Gasteiger partial charge in [-0.2, -0.15) is 0 Å². The van der Waals surface area contributed by atoms with Crippen molar-refractivity contribution in [1.29, 1.82) is 0 Å². The van der Waals surface area contributed by atoms with E-state index in [4.69, 9.17) is 19.9 Å². The Morgan fingerprint density at radius 2 is 1.92 bits per heavy atom. The van der Waals surface area contributed by atoms with E-state index in [-0.39, 0.29) is 0 Å². The van der Waals surface area contributed by atoms with Gasteiger partial charge < -0.3 is 14.9 Å². The van der Waals surface area contributed by atoms with Crippen LogP contribution >= 0.6 is 0 Å². The van der Waals surface area contributed by atoms with E-state index in [1.165, 1.54) is 0 Å². The second-order valence-corrected chi connectivity index (χ2v) is 6.70. The predicted octanol–water partition coefficient (Wildman–Crippen LogP) is 3.20. The molecule has 5 nitrogen and oxygen atoms in total. The maximum Gasteiger partial charge on any atom is 0.226 e. The van der Waals surface area contributed by atoms with Gasteiger partial charge in [-0.3, -0.25) is 4.90 Å². The number of rotatable bonds is 4. The molecule has 0 amide bonds. The molecule has 3 rings (SSSR count). The topological polar surface area (TPSA) is 64.5 Å². The van der Waals surface area contributed by atoms with Gasteiger partial charge in [-0.15, -0.1) is 0 Å². The molecule has 0 spiro atoms. The summed E-state index contributed by atoms with van der Waals surface area (Å²) in [5, 5.41) is 0. The fourth-order valence-corrected chi connectivity index (χ4v) is 3.26. The summed E-state index contributed by atoms with van der Waals surface area (Å²) in [6.45, 7) is 9.03. The van der Waals surface area contributed by atoms with Gasteiger partial charge in [-0.05, 0) is 56.9 Å². The number of aromatic nitrogens is 1. The van der Waals surface area contributed by atoms with Gasteiger partial charge in [0.25, 0.3) is 0 Å². The third-order valence-corrected chi connectivity index (χ3v) is 5.09. The number of nitrogens with two attached hydrogens (primary N) is 1. The zero-order chi connectivity index (χ0) is 17.3. The van der Waals surface area contributed by atoms with Gasteiger partial charge in [0.1, 0.15) is 11.5 Å². The van der Waals surface area contributed by atoms with Crippen molar-refractivity contribution in [3.8, 4) is 17.2 Å². The van der Waals surface area contributed by atoms with Crippen molar-refractivity contribution in [2.75, 3.05) is 20.2 Å². The van der Waals surface area contributed by atoms with Crippen LogP contribution in [0.1, 0.15) is 35.4 Å². The van der Waals surface area contributed by atoms with Gasteiger partial charge in [0, 0.05) is 31.2 Å². The first kappa shape index (κ1) is 17.0. The number of nitrogens with zero attached hydrogens (tertiary/aromatic N) is 2. The Hall–Kier alpha value is -1.85. The van der Waals surface area contributed by atoms with E-state index in [0.29, 0.717) is 11.9 Å². The summed E-state index contributed by atoms with van der Waals surface area (Å²) in [6, 6.07) is 4.35.